The normalized spacial score (nSPS) is 14.0. The van der Waals surface area contributed by atoms with E-state index in [0.717, 1.165) is 11.3 Å². The SMILES string of the molecule is C/C(=N\OC(=NC(C)(C)C)NC(C)(C)C)c1ccccc1. The van der Waals surface area contributed by atoms with E-state index in [9.17, 15) is 0 Å². The molecular weight excluding hydrogens is 262 g/mol. The molecule has 0 aliphatic heterocycles. The Morgan fingerprint density at radius 1 is 1.00 bits per heavy atom. The van der Waals surface area contributed by atoms with Crippen LogP contribution in [0.1, 0.15) is 54.0 Å². The minimum absolute atomic E-state index is 0.139. The van der Waals surface area contributed by atoms with Crippen LogP contribution in [0.2, 0.25) is 0 Å². The first-order chi connectivity index (χ1) is 9.57. The number of nitrogens with one attached hydrogen (secondary N) is 1. The van der Waals surface area contributed by atoms with E-state index in [-0.39, 0.29) is 11.1 Å². The first-order valence-corrected chi connectivity index (χ1v) is 7.22. The van der Waals surface area contributed by atoms with Crippen LogP contribution in [0.3, 0.4) is 0 Å². The fourth-order valence-corrected chi connectivity index (χ4v) is 1.54. The first kappa shape index (κ1) is 17.2. The van der Waals surface area contributed by atoms with Gasteiger partial charge in [0, 0.05) is 5.54 Å². The van der Waals surface area contributed by atoms with Gasteiger partial charge in [0.15, 0.2) is 0 Å². The van der Waals surface area contributed by atoms with Gasteiger partial charge in [-0.25, -0.2) is 4.99 Å². The van der Waals surface area contributed by atoms with E-state index in [1.165, 1.54) is 0 Å². The predicted molar refractivity (Wildman–Crippen MR) is 89.8 cm³/mol. The minimum atomic E-state index is -0.232. The highest BCUT2D eigenvalue weighted by molar-refractivity contribution is 5.98. The molecule has 4 nitrogen and oxygen atoms in total. The molecule has 0 spiro atoms. The van der Waals surface area contributed by atoms with E-state index in [1.54, 1.807) is 0 Å². The summed E-state index contributed by atoms with van der Waals surface area (Å²) < 4.78 is 0. The van der Waals surface area contributed by atoms with Crippen molar-refractivity contribution >= 4 is 11.7 Å². The molecule has 0 radical (unpaired) electrons. The van der Waals surface area contributed by atoms with Gasteiger partial charge in [-0.05, 0) is 54.0 Å². The topological polar surface area (TPSA) is 46.0 Å². The molecule has 0 bridgehead atoms. The van der Waals surface area contributed by atoms with Crippen LogP contribution in [0.15, 0.2) is 40.5 Å². The molecule has 1 N–H and O–H groups in total. The Kier molecular flexibility index (Phi) is 5.53. The smallest absolute Gasteiger partial charge is 0.315 e. The molecule has 1 aromatic carbocycles. The van der Waals surface area contributed by atoms with Crippen molar-refractivity contribution in [2.24, 2.45) is 10.1 Å². The van der Waals surface area contributed by atoms with Crippen LogP contribution in [0.5, 0.6) is 0 Å². The summed E-state index contributed by atoms with van der Waals surface area (Å²) in [7, 11) is 0. The molecule has 116 valence electrons. The summed E-state index contributed by atoms with van der Waals surface area (Å²) in [5.74, 6) is 0. The second-order valence-corrected chi connectivity index (χ2v) is 7.10. The van der Waals surface area contributed by atoms with Gasteiger partial charge in [0.25, 0.3) is 0 Å². The van der Waals surface area contributed by atoms with Gasteiger partial charge in [-0.1, -0.05) is 35.5 Å². The average Bonchev–Trinajstić information content (AvgIpc) is 2.33. The number of oxime groups is 1. The molecule has 1 rings (SSSR count). The maximum absolute atomic E-state index is 5.54. The Hall–Kier alpha value is -1.84. The van der Waals surface area contributed by atoms with Crippen molar-refractivity contribution in [1.82, 2.24) is 5.32 Å². The van der Waals surface area contributed by atoms with Crippen LogP contribution in [-0.2, 0) is 4.84 Å². The molecule has 0 aliphatic rings. The average molecular weight is 289 g/mol. The molecule has 0 unspecified atom stereocenters. The third-order valence-corrected chi connectivity index (χ3v) is 2.38. The summed E-state index contributed by atoms with van der Waals surface area (Å²) in [5.41, 5.74) is 1.47. The van der Waals surface area contributed by atoms with Crippen LogP contribution in [0.25, 0.3) is 0 Å². The number of hydrogen-bond donors (Lipinski definition) is 1. The molecule has 1 aromatic rings. The van der Waals surface area contributed by atoms with Gasteiger partial charge in [0.05, 0.1) is 11.3 Å². The third kappa shape index (κ3) is 7.49. The van der Waals surface area contributed by atoms with Gasteiger partial charge in [0.1, 0.15) is 0 Å². The van der Waals surface area contributed by atoms with Crippen molar-refractivity contribution in [2.75, 3.05) is 0 Å². The largest absolute Gasteiger partial charge is 0.334 e. The van der Waals surface area contributed by atoms with E-state index < -0.39 is 0 Å². The lowest BCUT2D eigenvalue weighted by molar-refractivity contribution is 0.286. The lowest BCUT2D eigenvalue weighted by atomic mass is 10.1. The Labute approximate surface area is 128 Å². The Morgan fingerprint density at radius 2 is 1.57 bits per heavy atom. The van der Waals surface area contributed by atoms with Crippen molar-refractivity contribution in [3.05, 3.63) is 35.9 Å². The minimum Gasteiger partial charge on any atom is -0.334 e. The second-order valence-electron chi connectivity index (χ2n) is 7.10. The Morgan fingerprint density at radius 3 is 2.05 bits per heavy atom. The van der Waals surface area contributed by atoms with Gasteiger partial charge >= 0.3 is 6.02 Å². The zero-order chi connectivity index (χ0) is 16.1. The molecule has 0 saturated heterocycles. The molecule has 0 aromatic heterocycles. The maximum atomic E-state index is 5.54. The summed E-state index contributed by atoms with van der Waals surface area (Å²) in [6, 6.07) is 10.4. The molecule has 0 fully saturated rings. The molecule has 0 heterocycles. The highest BCUT2D eigenvalue weighted by atomic mass is 16.6. The molecule has 4 heteroatoms. The van der Waals surface area contributed by atoms with Crippen LogP contribution in [0, 0.1) is 0 Å². The number of hydrogen-bond acceptors (Lipinski definition) is 3. The summed E-state index contributed by atoms with van der Waals surface area (Å²) in [4.78, 5) is 10.1. The highest BCUT2D eigenvalue weighted by Gasteiger charge is 2.17. The molecule has 0 amide bonds. The monoisotopic (exact) mass is 289 g/mol. The van der Waals surface area contributed by atoms with Gasteiger partial charge in [-0.15, -0.1) is 0 Å². The first-order valence-electron chi connectivity index (χ1n) is 7.22. The van der Waals surface area contributed by atoms with Gasteiger partial charge in [-0.3, -0.25) is 0 Å². The van der Waals surface area contributed by atoms with Gasteiger partial charge in [0.2, 0.25) is 0 Å². The van der Waals surface area contributed by atoms with Gasteiger partial charge < -0.3 is 10.2 Å². The maximum Gasteiger partial charge on any atom is 0.315 e. The van der Waals surface area contributed by atoms with Crippen LogP contribution in [-0.4, -0.2) is 22.8 Å². The van der Waals surface area contributed by atoms with Crippen molar-refractivity contribution in [2.45, 2.75) is 59.5 Å². The van der Waals surface area contributed by atoms with Gasteiger partial charge in [-0.2, -0.15) is 0 Å². The fraction of sp³-hybridized carbons (Fsp3) is 0.529. The van der Waals surface area contributed by atoms with E-state index in [2.05, 4.69) is 36.2 Å². The van der Waals surface area contributed by atoms with Crippen LogP contribution in [0.4, 0.5) is 0 Å². The number of rotatable bonds is 2. The summed E-state index contributed by atoms with van der Waals surface area (Å²) >= 11 is 0. The highest BCUT2D eigenvalue weighted by Crippen LogP contribution is 2.09. The van der Waals surface area contributed by atoms with E-state index in [0.29, 0.717) is 6.02 Å². The van der Waals surface area contributed by atoms with Crippen molar-refractivity contribution in [1.29, 1.82) is 0 Å². The quantitative estimate of drug-likeness (QED) is 0.508. The standard InChI is InChI=1S/C17H27N3O/c1-13(14-11-9-8-10-12-14)20-21-15(18-16(2,3)4)19-17(5,6)7/h8-12H,1-7H3,(H,18,19)/b20-13+. The van der Waals surface area contributed by atoms with Crippen molar-refractivity contribution < 1.29 is 4.84 Å². The zero-order valence-corrected chi connectivity index (χ0v) is 14.2. The lowest BCUT2D eigenvalue weighted by Crippen LogP contribution is -2.42. The molecule has 0 saturated carbocycles. The predicted octanol–water partition coefficient (Wildman–Crippen LogP) is 3.97. The van der Waals surface area contributed by atoms with E-state index >= 15 is 0 Å². The summed E-state index contributed by atoms with van der Waals surface area (Å²) in [6.07, 6.45) is 0. The molecule has 0 atom stereocenters. The molecule has 0 aliphatic carbocycles. The molecular formula is C17H27N3O. The van der Waals surface area contributed by atoms with E-state index in [1.807, 2.05) is 58.0 Å². The Balaban J connectivity index is 2.90. The second kappa shape index (κ2) is 6.74. The number of amidine groups is 1. The fourth-order valence-electron chi connectivity index (χ4n) is 1.54. The van der Waals surface area contributed by atoms with Crippen LogP contribution < -0.4 is 5.32 Å². The Bertz CT molecular complexity index is 505. The zero-order valence-electron chi connectivity index (χ0n) is 14.2. The molecule has 21 heavy (non-hydrogen) atoms. The number of aliphatic imine (C=N–C) groups is 1. The third-order valence-electron chi connectivity index (χ3n) is 2.38. The number of nitrogens with zero attached hydrogens (tertiary/aromatic N) is 2. The van der Waals surface area contributed by atoms with Crippen LogP contribution >= 0.6 is 0 Å². The lowest BCUT2D eigenvalue weighted by Gasteiger charge is -2.23. The summed E-state index contributed by atoms with van der Waals surface area (Å²) in [5, 5.41) is 7.43. The van der Waals surface area contributed by atoms with Crippen molar-refractivity contribution in [3.63, 3.8) is 0 Å². The van der Waals surface area contributed by atoms with Crippen molar-refractivity contribution in [3.8, 4) is 0 Å². The van der Waals surface area contributed by atoms with E-state index in [4.69, 9.17) is 4.84 Å². The number of benzene rings is 1. The summed E-state index contributed by atoms with van der Waals surface area (Å²) in [6.45, 7) is 14.2.